The van der Waals surface area contributed by atoms with Crippen LogP contribution in [0.5, 0.6) is 0 Å². The van der Waals surface area contributed by atoms with Crippen LogP contribution in [0.1, 0.15) is 56.9 Å². The predicted octanol–water partition coefficient (Wildman–Crippen LogP) is 11.5. The monoisotopic (exact) mass is 640 g/mol. The maximum absolute atomic E-state index is 4.97. The lowest BCUT2D eigenvalue weighted by Crippen LogP contribution is -2.42. The Bertz CT molecular complexity index is 2350. The van der Waals surface area contributed by atoms with E-state index in [9.17, 15) is 0 Å². The molecule has 1 aliphatic rings. The number of hydrogen-bond donors (Lipinski definition) is 0. The summed E-state index contributed by atoms with van der Waals surface area (Å²) in [5.74, 6) is 0.930. The van der Waals surface area contributed by atoms with E-state index in [1.54, 1.807) is 0 Å². The molecule has 0 spiro atoms. The Morgan fingerprint density at radius 1 is 0.592 bits per heavy atom. The van der Waals surface area contributed by atoms with E-state index in [-0.39, 0.29) is 11.0 Å². The molecule has 0 atom stereocenters. The van der Waals surface area contributed by atoms with E-state index in [1.807, 2.05) is 6.20 Å². The fourth-order valence-corrected chi connectivity index (χ4v) is 7.81. The lowest BCUT2D eigenvalue weighted by Gasteiger charge is -2.34. The van der Waals surface area contributed by atoms with E-state index in [4.69, 9.17) is 4.98 Å². The van der Waals surface area contributed by atoms with Gasteiger partial charge in [0, 0.05) is 33.6 Å². The van der Waals surface area contributed by atoms with Gasteiger partial charge >= 0.3 is 0 Å². The first-order valence-electron chi connectivity index (χ1n) is 17.3. The lowest BCUT2D eigenvalue weighted by molar-refractivity contribution is 0.518. The summed E-state index contributed by atoms with van der Waals surface area (Å²) in [4.78, 5) is 9.92. The van der Waals surface area contributed by atoms with Gasteiger partial charge in [0.05, 0.1) is 29.1 Å². The molecular weight excluding hydrogens is 597 g/mol. The maximum atomic E-state index is 4.97. The van der Waals surface area contributed by atoms with E-state index >= 15 is 0 Å². The lowest BCUT2D eigenvalue weighted by atomic mass is 9.77. The fourth-order valence-electron chi connectivity index (χ4n) is 7.81. The third-order valence-corrected chi connectivity index (χ3v) is 10.6. The van der Waals surface area contributed by atoms with Crippen LogP contribution in [0, 0.1) is 13.8 Å². The van der Waals surface area contributed by atoms with Gasteiger partial charge in [0.1, 0.15) is 5.82 Å². The smallest absolute Gasteiger partial charge is 0.138 e. The highest BCUT2D eigenvalue weighted by Crippen LogP contribution is 2.45. The highest BCUT2D eigenvalue weighted by atomic mass is 15.4. The van der Waals surface area contributed by atoms with Gasteiger partial charge in [-0.1, -0.05) is 86.6 Å². The zero-order chi connectivity index (χ0) is 34.1. The molecule has 1 aliphatic heterocycles. The summed E-state index contributed by atoms with van der Waals surface area (Å²) in [6.07, 6.45) is 1.95. The summed E-state index contributed by atoms with van der Waals surface area (Å²) in [5, 5.41) is 2.47. The van der Waals surface area contributed by atoms with Crippen molar-refractivity contribution >= 4 is 38.9 Å². The standard InChI is InChI=1S/C45H44N4/c1-30-14-12-15-31(2)43(30)32-24-25-46-42(26-32)49-38-19-9-8-18-36(38)37-23-22-34(28-41(37)49)45(6,7)33-16-13-17-35(27-33)47-29-48(44(3,4)5)40-21-11-10-20-39(40)47/h8-28H,29H2,1-7H3. The van der Waals surface area contributed by atoms with Crippen molar-refractivity contribution in [1.82, 2.24) is 9.55 Å². The Balaban J connectivity index is 1.24. The zero-order valence-corrected chi connectivity index (χ0v) is 29.6. The minimum absolute atomic E-state index is 0.0166. The Morgan fingerprint density at radius 2 is 1.27 bits per heavy atom. The molecule has 0 N–H and O–H groups in total. The quantitative estimate of drug-likeness (QED) is 0.187. The van der Waals surface area contributed by atoms with Crippen LogP contribution in [0.15, 0.2) is 128 Å². The van der Waals surface area contributed by atoms with Gasteiger partial charge in [-0.2, -0.15) is 0 Å². The van der Waals surface area contributed by atoms with Gasteiger partial charge in [0.25, 0.3) is 0 Å². The number of para-hydroxylation sites is 3. The first kappa shape index (κ1) is 31.0. The van der Waals surface area contributed by atoms with Crippen LogP contribution >= 0.6 is 0 Å². The topological polar surface area (TPSA) is 24.3 Å². The van der Waals surface area contributed by atoms with E-state index in [2.05, 4.69) is 184 Å². The summed E-state index contributed by atoms with van der Waals surface area (Å²) in [7, 11) is 0. The molecule has 2 aromatic heterocycles. The van der Waals surface area contributed by atoms with E-state index in [0.717, 1.165) is 18.0 Å². The number of anilines is 3. The molecule has 5 aromatic carbocycles. The molecule has 8 rings (SSSR count). The molecule has 7 aromatic rings. The normalized spacial score (nSPS) is 13.4. The molecule has 0 aliphatic carbocycles. The summed E-state index contributed by atoms with van der Waals surface area (Å²) in [5.41, 5.74) is 13.4. The zero-order valence-electron chi connectivity index (χ0n) is 29.6. The first-order valence-corrected chi connectivity index (χ1v) is 17.3. The van der Waals surface area contributed by atoms with Crippen LogP contribution in [0.4, 0.5) is 17.1 Å². The Morgan fingerprint density at radius 3 is 2.04 bits per heavy atom. The summed E-state index contributed by atoms with van der Waals surface area (Å²) < 4.78 is 2.35. The number of aromatic nitrogens is 2. The van der Waals surface area contributed by atoms with Crippen LogP contribution in [-0.4, -0.2) is 21.8 Å². The Kier molecular flexibility index (Phi) is 7.18. The molecule has 244 valence electrons. The van der Waals surface area contributed by atoms with Gasteiger partial charge in [0.2, 0.25) is 0 Å². The molecule has 0 bridgehead atoms. The molecule has 0 unspecified atom stereocenters. The number of hydrogen-bond acceptors (Lipinski definition) is 3. The molecule has 49 heavy (non-hydrogen) atoms. The third-order valence-electron chi connectivity index (χ3n) is 10.6. The number of pyridine rings is 1. The maximum Gasteiger partial charge on any atom is 0.138 e. The molecular formula is C45H44N4. The number of nitrogens with zero attached hydrogens (tertiary/aromatic N) is 4. The summed E-state index contributed by atoms with van der Waals surface area (Å²) in [6.45, 7) is 16.8. The second-order valence-corrected chi connectivity index (χ2v) is 15.1. The van der Waals surface area contributed by atoms with E-state index in [0.29, 0.717) is 0 Å². The van der Waals surface area contributed by atoms with E-state index < -0.39 is 0 Å². The Hall–Kier alpha value is -5.35. The number of aryl methyl sites for hydroxylation is 2. The van der Waals surface area contributed by atoms with Crippen LogP contribution in [0.3, 0.4) is 0 Å². The number of fused-ring (bicyclic) bond motifs is 4. The third kappa shape index (κ3) is 5.09. The van der Waals surface area contributed by atoms with Gasteiger partial charge in [0.15, 0.2) is 0 Å². The molecule has 4 nitrogen and oxygen atoms in total. The van der Waals surface area contributed by atoms with Gasteiger partial charge in [-0.15, -0.1) is 0 Å². The van der Waals surface area contributed by atoms with E-state index in [1.165, 1.54) is 66.7 Å². The molecule has 0 fully saturated rings. The average Bonchev–Trinajstić information content (AvgIpc) is 3.65. The summed E-state index contributed by atoms with van der Waals surface area (Å²) in [6, 6.07) is 44.5. The van der Waals surface area contributed by atoms with Crippen molar-refractivity contribution in [3.05, 3.63) is 150 Å². The van der Waals surface area contributed by atoms with Gasteiger partial charge in [-0.25, -0.2) is 4.98 Å². The Labute approximate surface area is 290 Å². The van der Waals surface area contributed by atoms with Crippen LogP contribution in [0.25, 0.3) is 38.8 Å². The second kappa shape index (κ2) is 11.4. The second-order valence-electron chi connectivity index (χ2n) is 15.1. The van der Waals surface area contributed by atoms with Crippen molar-refractivity contribution in [2.75, 3.05) is 16.5 Å². The molecule has 0 saturated heterocycles. The highest BCUT2D eigenvalue weighted by Gasteiger charge is 2.34. The first-order chi connectivity index (χ1) is 23.5. The minimum Gasteiger partial charge on any atom is -0.347 e. The SMILES string of the molecule is Cc1cccc(C)c1-c1ccnc(-n2c3ccccc3c3ccc(C(C)(C)c4cccc(N5CN(C(C)(C)C)c6ccccc65)c4)cc32)c1. The number of rotatable bonds is 5. The van der Waals surface area contributed by atoms with Gasteiger partial charge < -0.3 is 9.80 Å². The largest absolute Gasteiger partial charge is 0.347 e. The van der Waals surface area contributed by atoms with Crippen molar-refractivity contribution in [2.24, 2.45) is 0 Å². The summed E-state index contributed by atoms with van der Waals surface area (Å²) >= 11 is 0. The van der Waals surface area contributed by atoms with Crippen molar-refractivity contribution < 1.29 is 0 Å². The molecule has 0 radical (unpaired) electrons. The minimum atomic E-state index is -0.248. The van der Waals surface area contributed by atoms with Crippen LogP contribution in [-0.2, 0) is 5.41 Å². The van der Waals surface area contributed by atoms with Crippen molar-refractivity contribution in [2.45, 2.75) is 59.4 Å². The van der Waals surface area contributed by atoms with Crippen LogP contribution < -0.4 is 9.80 Å². The van der Waals surface area contributed by atoms with Crippen LogP contribution in [0.2, 0.25) is 0 Å². The molecule has 4 heteroatoms. The average molecular weight is 641 g/mol. The number of benzene rings is 5. The van der Waals surface area contributed by atoms with Gasteiger partial charge in [-0.3, -0.25) is 4.57 Å². The van der Waals surface area contributed by atoms with Crippen molar-refractivity contribution in [3.8, 4) is 16.9 Å². The predicted molar refractivity (Wildman–Crippen MR) is 208 cm³/mol. The molecule has 3 heterocycles. The van der Waals surface area contributed by atoms with Gasteiger partial charge in [-0.05, 0) is 117 Å². The van der Waals surface area contributed by atoms with Crippen molar-refractivity contribution in [1.29, 1.82) is 0 Å². The molecule has 0 amide bonds. The molecule has 0 saturated carbocycles. The highest BCUT2D eigenvalue weighted by molar-refractivity contribution is 6.09. The fraction of sp³-hybridized carbons (Fsp3) is 0.222. The van der Waals surface area contributed by atoms with Crippen molar-refractivity contribution in [3.63, 3.8) is 0 Å².